The molecule has 0 radical (unpaired) electrons. The highest BCUT2D eigenvalue weighted by Crippen LogP contribution is 2.31. The van der Waals surface area contributed by atoms with Gasteiger partial charge in [-0.1, -0.05) is 23.8 Å². The molecule has 0 saturated carbocycles. The van der Waals surface area contributed by atoms with Crippen LogP contribution < -0.4 is 5.32 Å². The van der Waals surface area contributed by atoms with E-state index in [9.17, 15) is 19.1 Å². The molecule has 0 unspecified atom stereocenters. The molecule has 1 amide bonds. The number of nitro benzene ring substituents is 1. The maximum atomic E-state index is 12.8. The fourth-order valence-corrected chi connectivity index (χ4v) is 4.33. The van der Waals surface area contributed by atoms with Crippen molar-refractivity contribution in [3.63, 3.8) is 0 Å². The van der Waals surface area contributed by atoms with Crippen molar-refractivity contribution in [2.45, 2.75) is 18.4 Å². The summed E-state index contributed by atoms with van der Waals surface area (Å²) in [5.41, 5.74) is 3.28. The van der Waals surface area contributed by atoms with Gasteiger partial charge in [-0.15, -0.1) is 0 Å². The molecular formula is C19H16N4O4S. The molecule has 0 saturated heterocycles. The summed E-state index contributed by atoms with van der Waals surface area (Å²) in [7, 11) is -1.05. The van der Waals surface area contributed by atoms with Crippen LogP contribution in [0.5, 0.6) is 0 Å². The van der Waals surface area contributed by atoms with E-state index in [2.05, 4.69) is 10.4 Å². The van der Waals surface area contributed by atoms with Gasteiger partial charge in [-0.05, 0) is 25.1 Å². The van der Waals surface area contributed by atoms with Gasteiger partial charge in [0, 0.05) is 34.1 Å². The Hall–Kier alpha value is -3.33. The fourth-order valence-electron chi connectivity index (χ4n) is 3.07. The van der Waals surface area contributed by atoms with Crippen molar-refractivity contribution in [1.29, 1.82) is 0 Å². The maximum absolute atomic E-state index is 12.8. The molecule has 8 nitrogen and oxygen atoms in total. The lowest BCUT2D eigenvalue weighted by atomic mass is 10.2. The molecule has 1 aromatic heterocycles. The highest BCUT2D eigenvalue weighted by Gasteiger charge is 2.28. The van der Waals surface area contributed by atoms with Gasteiger partial charge >= 0.3 is 0 Å². The van der Waals surface area contributed by atoms with Crippen molar-refractivity contribution in [2.24, 2.45) is 0 Å². The molecule has 2 heterocycles. The third-order valence-electron chi connectivity index (χ3n) is 4.50. The number of carbonyl (C=O) groups is 1. The number of nitro groups is 1. The van der Waals surface area contributed by atoms with Crippen LogP contribution in [-0.2, 0) is 22.3 Å². The van der Waals surface area contributed by atoms with Gasteiger partial charge in [0.2, 0.25) is 0 Å². The molecule has 142 valence electrons. The Morgan fingerprint density at radius 1 is 1.21 bits per heavy atom. The van der Waals surface area contributed by atoms with Crippen LogP contribution in [0, 0.1) is 17.0 Å². The Balaban J connectivity index is 1.73. The summed E-state index contributed by atoms with van der Waals surface area (Å²) >= 11 is 0. The van der Waals surface area contributed by atoms with Gasteiger partial charge in [-0.25, -0.2) is 4.68 Å². The van der Waals surface area contributed by atoms with Crippen molar-refractivity contribution in [3.05, 3.63) is 81.0 Å². The zero-order chi connectivity index (χ0) is 19.8. The first-order valence-electron chi connectivity index (χ1n) is 8.51. The molecular weight excluding hydrogens is 380 g/mol. The van der Waals surface area contributed by atoms with Crippen LogP contribution in [0.25, 0.3) is 5.69 Å². The topological polar surface area (TPSA) is 107 Å². The van der Waals surface area contributed by atoms with E-state index in [0.717, 1.165) is 16.8 Å². The van der Waals surface area contributed by atoms with Crippen molar-refractivity contribution in [1.82, 2.24) is 9.78 Å². The highest BCUT2D eigenvalue weighted by molar-refractivity contribution is 7.83. The van der Waals surface area contributed by atoms with Crippen molar-refractivity contribution < 1.29 is 13.9 Å². The number of hydrogen-bond donors (Lipinski definition) is 1. The monoisotopic (exact) mass is 396 g/mol. The second kappa shape index (κ2) is 7.01. The maximum Gasteiger partial charge on any atom is 0.270 e. The zero-order valence-electron chi connectivity index (χ0n) is 14.9. The fraction of sp³-hybridized carbons (Fsp3) is 0.158. The smallest absolute Gasteiger partial charge is 0.270 e. The number of non-ortho nitro benzene ring substituents is 1. The second-order valence-electron chi connectivity index (χ2n) is 6.51. The molecule has 9 heteroatoms. The summed E-state index contributed by atoms with van der Waals surface area (Å²) < 4.78 is 13.6. The van der Waals surface area contributed by atoms with Crippen LogP contribution in [0.15, 0.2) is 48.5 Å². The number of nitrogens with one attached hydrogen (secondary N) is 1. The Labute approximate surface area is 162 Å². The first-order chi connectivity index (χ1) is 13.4. The molecule has 1 atom stereocenters. The van der Waals surface area contributed by atoms with Crippen molar-refractivity contribution in [3.8, 4) is 5.69 Å². The third kappa shape index (κ3) is 3.31. The van der Waals surface area contributed by atoms with E-state index >= 15 is 0 Å². The van der Waals surface area contributed by atoms with Crippen LogP contribution in [0.3, 0.4) is 0 Å². The number of carbonyl (C=O) groups excluding carboxylic acids is 1. The third-order valence-corrected chi connectivity index (χ3v) is 5.71. The minimum absolute atomic E-state index is 0.161. The van der Waals surface area contributed by atoms with E-state index in [1.54, 1.807) is 4.68 Å². The Morgan fingerprint density at radius 2 is 1.96 bits per heavy atom. The van der Waals surface area contributed by atoms with Crippen molar-refractivity contribution in [2.75, 3.05) is 5.32 Å². The molecule has 0 aliphatic carbocycles. The lowest BCUT2D eigenvalue weighted by Crippen LogP contribution is -2.16. The molecule has 1 N–H and O–H groups in total. The van der Waals surface area contributed by atoms with E-state index < -0.39 is 21.6 Å². The Morgan fingerprint density at radius 3 is 2.68 bits per heavy atom. The average molecular weight is 396 g/mol. The van der Waals surface area contributed by atoms with E-state index in [-0.39, 0.29) is 11.3 Å². The van der Waals surface area contributed by atoms with Gasteiger partial charge < -0.3 is 5.32 Å². The van der Waals surface area contributed by atoms with Crippen LogP contribution in [-0.4, -0.2) is 24.8 Å². The Bertz CT molecular complexity index is 1120. The standard InChI is InChI=1S/C19H16N4O4S/c1-12-5-7-14(8-6-12)22-18(16-10-28(27)11-17(16)21-22)20-19(24)13-3-2-4-15(9-13)23(25)26/h2-9H,10-11H2,1H3,(H,20,24)/t28-/m0/s1. The van der Waals surface area contributed by atoms with Crippen LogP contribution in [0.4, 0.5) is 11.5 Å². The average Bonchev–Trinajstić information content (AvgIpc) is 3.19. The molecule has 28 heavy (non-hydrogen) atoms. The first-order valence-corrected chi connectivity index (χ1v) is 10.00. The number of fused-ring (bicyclic) bond motifs is 1. The number of rotatable bonds is 4. The molecule has 4 rings (SSSR count). The molecule has 2 aromatic carbocycles. The van der Waals surface area contributed by atoms with Crippen molar-refractivity contribution >= 4 is 28.2 Å². The summed E-state index contributed by atoms with van der Waals surface area (Å²) in [6.45, 7) is 1.97. The number of benzene rings is 2. The van der Waals surface area contributed by atoms with Gasteiger partial charge in [0.15, 0.2) is 0 Å². The molecule has 0 fully saturated rings. The number of hydrogen-bond acceptors (Lipinski definition) is 5. The molecule has 1 aliphatic heterocycles. The van der Waals surface area contributed by atoms with Gasteiger partial charge in [0.1, 0.15) is 5.82 Å². The predicted octanol–water partition coefficient (Wildman–Crippen LogP) is 3.10. The summed E-state index contributed by atoms with van der Waals surface area (Å²) in [6, 6.07) is 13.2. The first kappa shape index (κ1) is 18.1. The number of anilines is 1. The lowest BCUT2D eigenvalue weighted by molar-refractivity contribution is -0.384. The van der Waals surface area contributed by atoms with E-state index in [1.165, 1.54) is 24.3 Å². The van der Waals surface area contributed by atoms with Gasteiger partial charge in [-0.3, -0.25) is 19.1 Å². The van der Waals surface area contributed by atoms with E-state index in [0.29, 0.717) is 23.0 Å². The minimum Gasteiger partial charge on any atom is -0.306 e. The zero-order valence-corrected chi connectivity index (χ0v) is 15.7. The summed E-state index contributed by atoms with van der Waals surface area (Å²) in [5, 5.41) is 18.3. The SMILES string of the molecule is Cc1ccc(-n2nc3c(c2NC(=O)c2cccc([N+](=O)[O-])c2)C[S@](=O)C3)cc1. The summed E-state index contributed by atoms with van der Waals surface area (Å²) in [6.07, 6.45) is 0. The quantitative estimate of drug-likeness (QED) is 0.539. The van der Waals surface area contributed by atoms with Gasteiger partial charge in [-0.2, -0.15) is 5.10 Å². The van der Waals surface area contributed by atoms with Gasteiger partial charge in [0.25, 0.3) is 11.6 Å². The van der Waals surface area contributed by atoms with Crippen LogP contribution >= 0.6 is 0 Å². The van der Waals surface area contributed by atoms with Crippen LogP contribution in [0.2, 0.25) is 0 Å². The number of aromatic nitrogens is 2. The van der Waals surface area contributed by atoms with E-state index in [4.69, 9.17) is 0 Å². The predicted molar refractivity (Wildman–Crippen MR) is 105 cm³/mol. The molecule has 3 aromatic rings. The largest absolute Gasteiger partial charge is 0.306 e. The Kier molecular flexibility index (Phi) is 4.52. The highest BCUT2D eigenvalue weighted by atomic mass is 32.2. The summed E-state index contributed by atoms with van der Waals surface area (Å²) in [5.74, 6) is 0.609. The van der Waals surface area contributed by atoms with E-state index in [1.807, 2.05) is 31.2 Å². The number of aryl methyl sites for hydroxylation is 1. The second-order valence-corrected chi connectivity index (χ2v) is 7.97. The van der Waals surface area contributed by atoms with Crippen LogP contribution in [0.1, 0.15) is 27.2 Å². The minimum atomic E-state index is -1.05. The normalized spacial score (nSPS) is 15.2. The van der Waals surface area contributed by atoms with Gasteiger partial charge in [0.05, 0.1) is 27.8 Å². The lowest BCUT2D eigenvalue weighted by Gasteiger charge is -2.11. The number of nitrogens with zero attached hydrogens (tertiary/aromatic N) is 3. The number of amides is 1. The molecule has 1 aliphatic rings. The molecule has 0 bridgehead atoms. The summed E-state index contributed by atoms with van der Waals surface area (Å²) in [4.78, 5) is 23.2. The molecule has 0 spiro atoms.